The molecular formula is C46H59N5O9S. The first-order chi connectivity index (χ1) is 29.7. The molecular weight excluding hydrogens is 799 g/mol. The summed E-state index contributed by atoms with van der Waals surface area (Å²) >= 11 is 1.56. The van der Waals surface area contributed by atoms with Gasteiger partial charge in [0.05, 0.1) is 55.7 Å². The number of nitrogens with zero attached hydrogens (tertiary/aromatic N) is 3. The molecule has 328 valence electrons. The summed E-state index contributed by atoms with van der Waals surface area (Å²) in [5.41, 5.74) is 12.5. The lowest BCUT2D eigenvalue weighted by Gasteiger charge is -2.35. The molecule has 2 atom stereocenters. The van der Waals surface area contributed by atoms with Crippen molar-refractivity contribution in [2.45, 2.75) is 65.2 Å². The number of carbonyl (C=O) groups is 3. The van der Waals surface area contributed by atoms with E-state index in [1.165, 1.54) is 0 Å². The zero-order chi connectivity index (χ0) is 43.0. The molecule has 4 aromatic rings. The van der Waals surface area contributed by atoms with Crippen molar-refractivity contribution in [1.29, 1.82) is 0 Å². The molecule has 3 aromatic carbocycles. The van der Waals surface area contributed by atoms with E-state index in [1.807, 2.05) is 80.9 Å². The van der Waals surface area contributed by atoms with E-state index in [1.54, 1.807) is 33.3 Å². The third kappa shape index (κ3) is 12.7. The van der Waals surface area contributed by atoms with Crippen LogP contribution < -0.4 is 20.5 Å². The summed E-state index contributed by atoms with van der Waals surface area (Å²) in [4.78, 5) is 50.1. The highest BCUT2D eigenvalue weighted by Gasteiger charge is 2.43. The zero-order valence-corrected chi connectivity index (χ0v) is 36.3. The number of hydrogen-bond donors (Lipinski definition) is 2. The first-order valence-electron chi connectivity index (χ1n) is 21.1. The fourth-order valence-electron chi connectivity index (χ4n) is 7.51. The van der Waals surface area contributed by atoms with Crippen LogP contribution in [0.1, 0.15) is 60.3 Å². The van der Waals surface area contributed by atoms with Gasteiger partial charge < -0.3 is 49.3 Å². The number of aromatic nitrogens is 1. The quantitative estimate of drug-likeness (QED) is 0.0603. The van der Waals surface area contributed by atoms with Crippen LogP contribution in [0.2, 0.25) is 0 Å². The Morgan fingerprint density at radius 3 is 2.21 bits per heavy atom. The summed E-state index contributed by atoms with van der Waals surface area (Å²) in [5.74, 6) is 0.706. The summed E-state index contributed by atoms with van der Waals surface area (Å²) < 4.78 is 34.5. The van der Waals surface area contributed by atoms with Gasteiger partial charge in [0.2, 0.25) is 11.8 Å². The summed E-state index contributed by atoms with van der Waals surface area (Å²) in [5, 5.41) is 3.08. The van der Waals surface area contributed by atoms with Crippen LogP contribution in [0.25, 0.3) is 10.4 Å². The number of nitrogens with one attached hydrogen (secondary N) is 1. The largest absolute Gasteiger partial charge is 0.491 e. The van der Waals surface area contributed by atoms with Crippen LogP contribution in [-0.2, 0) is 41.6 Å². The van der Waals surface area contributed by atoms with E-state index < -0.39 is 12.1 Å². The molecule has 61 heavy (non-hydrogen) atoms. The molecule has 6 rings (SSSR count). The Morgan fingerprint density at radius 2 is 1.54 bits per heavy atom. The molecule has 3 heterocycles. The Kier molecular flexibility index (Phi) is 17.3. The number of amides is 3. The van der Waals surface area contributed by atoms with Gasteiger partial charge in [-0.3, -0.25) is 14.4 Å². The average molecular weight is 858 g/mol. The van der Waals surface area contributed by atoms with E-state index in [0.29, 0.717) is 109 Å². The summed E-state index contributed by atoms with van der Waals surface area (Å²) in [7, 11) is 0. The van der Waals surface area contributed by atoms with Crippen molar-refractivity contribution in [3.05, 3.63) is 94.6 Å². The maximum atomic E-state index is 14.1. The molecule has 1 fully saturated rings. The molecule has 15 heteroatoms. The Morgan fingerprint density at radius 1 is 0.869 bits per heavy atom. The lowest BCUT2D eigenvalue weighted by atomic mass is 10.0. The van der Waals surface area contributed by atoms with E-state index in [-0.39, 0.29) is 30.2 Å². The lowest BCUT2D eigenvalue weighted by Crippen LogP contribution is -2.55. The van der Waals surface area contributed by atoms with Gasteiger partial charge in [0.1, 0.15) is 36.8 Å². The van der Waals surface area contributed by atoms with Gasteiger partial charge in [-0.25, -0.2) is 4.98 Å². The zero-order valence-electron chi connectivity index (χ0n) is 35.5. The highest BCUT2D eigenvalue weighted by molar-refractivity contribution is 7.13. The lowest BCUT2D eigenvalue weighted by molar-refractivity contribution is -0.143. The van der Waals surface area contributed by atoms with Crippen molar-refractivity contribution in [3.8, 4) is 21.9 Å². The van der Waals surface area contributed by atoms with Crippen molar-refractivity contribution < 1.29 is 42.8 Å². The second kappa shape index (κ2) is 23.2. The van der Waals surface area contributed by atoms with Crippen molar-refractivity contribution in [2.75, 3.05) is 78.3 Å². The number of thiazole rings is 1. The van der Waals surface area contributed by atoms with Crippen LogP contribution in [0.4, 0.5) is 5.69 Å². The topological polar surface area (TPSA) is 164 Å². The molecule has 0 saturated carbocycles. The fraction of sp³-hybridized carbons (Fsp3) is 0.478. The first-order valence-corrected chi connectivity index (χ1v) is 22.0. The Labute approximate surface area is 362 Å². The van der Waals surface area contributed by atoms with Crippen LogP contribution in [0.15, 0.2) is 72.2 Å². The Balaban J connectivity index is 0.901. The van der Waals surface area contributed by atoms with Gasteiger partial charge in [-0.1, -0.05) is 44.2 Å². The van der Waals surface area contributed by atoms with E-state index in [9.17, 15) is 14.4 Å². The number of aryl methyl sites for hydroxylation is 1. The van der Waals surface area contributed by atoms with Crippen molar-refractivity contribution in [1.82, 2.24) is 20.1 Å². The van der Waals surface area contributed by atoms with E-state index >= 15 is 0 Å². The number of ether oxygens (including phenoxy) is 6. The number of likely N-dealkylation sites (tertiary alicyclic amines) is 1. The number of anilines is 1. The van der Waals surface area contributed by atoms with Gasteiger partial charge in [-0.2, -0.15) is 0 Å². The summed E-state index contributed by atoms with van der Waals surface area (Å²) in [6.45, 7) is 11.5. The standard InChI is InChI=1S/C46H59N5O9S/c1-32(2)42(51-30-36-8-4-5-9-39(36)45(51)53)46(54)50-17-6-10-40(50)44(52)48-29-35-12-11-34(43-33(3)49-31-61-43)28-41(35)60-27-25-58-23-21-56-19-7-18-55-20-22-57-24-26-59-38-15-13-37(47)14-16-38/h4-5,8-9,11-16,28,31-32,40,42H,6-7,10,17-27,29-30,47H2,1-3H3,(H,48,52)/t40-,42?/m0/s1. The van der Waals surface area contributed by atoms with Crippen LogP contribution in [-0.4, -0.2) is 117 Å². The van der Waals surface area contributed by atoms with Gasteiger partial charge in [-0.15, -0.1) is 11.3 Å². The molecule has 3 N–H and O–H groups in total. The predicted molar refractivity (Wildman–Crippen MR) is 234 cm³/mol. The molecule has 3 amide bonds. The molecule has 0 spiro atoms. The highest BCUT2D eigenvalue weighted by atomic mass is 32.1. The van der Waals surface area contributed by atoms with Crippen molar-refractivity contribution in [2.24, 2.45) is 5.92 Å². The van der Waals surface area contributed by atoms with Gasteiger partial charge >= 0.3 is 0 Å². The number of fused-ring (bicyclic) bond motifs is 1. The minimum atomic E-state index is -0.666. The minimum Gasteiger partial charge on any atom is -0.491 e. The Hall–Kier alpha value is -5.06. The number of nitrogen functional groups attached to an aromatic ring is 1. The minimum absolute atomic E-state index is 0.131. The maximum absolute atomic E-state index is 14.1. The van der Waals surface area contributed by atoms with E-state index in [4.69, 9.17) is 34.2 Å². The molecule has 2 aliphatic rings. The van der Waals surface area contributed by atoms with Gasteiger partial charge in [-0.05, 0) is 79.6 Å². The molecule has 0 bridgehead atoms. The van der Waals surface area contributed by atoms with Crippen LogP contribution in [0.5, 0.6) is 11.5 Å². The van der Waals surface area contributed by atoms with E-state index in [0.717, 1.165) is 39.4 Å². The summed E-state index contributed by atoms with van der Waals surface area (Å²) in [6.07, 6.45) is 2.03. The smallest absolute Gasteiger partial charge is 0.255 e. The normalized spacial score (nSPS) is 15.3. The van der Waals surface area contributed by atoms with Gasteiger partial charge in [0, 0.05) is 49.7 Å². The number of rotatable bonds is 25. The summed E-state index contributed by atoms with van der Waals surface area (Å²) in [6, 6.07) is 19.4. The Bertz CT molecular complexity index is 2030. The van der Waals surface area contributed by atoms with Crippen molar-refractivity contribution in [3.63, 3.8) is 0 Å². The number of carbonyl (C=O) groups excluding carboxylic acids is 3. The molecule has 0 radical (unpaired) electrons. The third-order valence-electron chi connectivity index (χ3n) is 10.6. The van der Waals surface area contributed by atoms with Gasteiger partial charge in [0.25, 0.3) is 5.91 Å². The van der Waals surface area contributed by atoms with Crippen LogP contribution in [0, 0.1) is 12.8 Å². The second-order valence-corrected chi connectivity index (χ2v) is 16.2. The fourth-order valence-corrected chi connectivity index (χ4v) is 8.31. The number of nitrogens with two attached hydrogens (primary N) is 1. The molecule has 2 aliphatic heterocycles. The maximum Gasteiger partial charge on any atom is 0.255 e. The first kappa shape index (κ1) is 45.5. The highest BCUT2D eigenvalue weighted by Crippen LogP contribution is 2.33. The van der Waals surface area contributed by atoms with Crippen molar-refractivity contribution >= 4 is 34.7 Å². The molecule has 1 saturated heterocycles. The van der Waals surface area contributed by atoms with Crippen LogP contribution >= 0.6 is 11.3 Å². The molecule has 14 nitrogen and oxygen atoms in total. The van der Waals surface area contributed by atoms with Gasteiger partial charge in [0.15, 0.2) is 0 Å². The van der Waals surface area contributed by atoms with Crippen LogP contribution in [0.3, 0.4) is 0 Å². The SMILES string of the molecule is Cc1ncsc1-c1ccc(CNC(=O)[C@@H]2CCCN2C(=O)C(C(C)C)N2Cc3ccccc3C2=O)c(OCCOCCOCCCOCCOCCOc2ccc(N)cc2)c1. The third-order valence-corrected chi connectivity index (χ3v) is 11.6. The average Bonchev–Trinajstić information content (AvgIpc) is 4.01. The number of benzene rings is 3. The molecule has 0 aliphatic carbocycles. The molecule has 1 unspecified atom stereocenters. The second-order valence-electron chi connectivity index (χ2n) is 15.3. The molecule has 1 aromatic heterocycles. The number of hydrogen-bond acceptors (Lipinski definition) is 12. The van der Waals surface area contributed by atoms with E-state index in [2.05, 4.69) is 10.3 Å². The predicted octanol–water partition coefficient (Wildman–Crippen LogP) is 5.90. The monoisotopic (exact) mass is 857 g/mol.